The van der Waals surface area contributed by atoms with Crippen LogP contribution in [-0.4, -0.2) is 52.1 Å². The van der Waals surface area contributed by atoms with E-state index < -0.39 is 15.9 Å². The van der Waals surface area contributed by atoms with Gasteiger partial charge in [0.25, 0.3) is 0 Å². The number of nitrogens with zero attached hydrogens (tertiary/aromatic N) is 4. The zero-order valence-corrected chi connectivity index (χ0v) is 12.5. The predicted molar refractivity (Wildman–Crippen MR) is 77.6 cm³/mol. The number of amides is 1. The maximum atomic E-state index is 12.6. The van der Waals surface area contributed by atoms with Crippen molar-refractivity contribution in [3.05, 3.63) is 42.2 Å². The molecular formula is C13H15N5O3S. The summed E-state index contributed by atoms with van der Waals surface area (Å²) in [4.78, 5) is 12.6. The Morgan fingerprint density at radius 1 is 1.32 bits per heavy atom. The summed E-state index contributed by atoms with van der Waals surface area (Å²) < 4.78 is 24.4. The molecule has 0 radical (unpaired) electrons. The van der Waals surface area contributed by atoms with Gasteiger partial charge in [0.2, 0.25) is 5.91 Å². The van der Waals surface area contributed by atoms with E-state index in [9.17, 15) is 13.2 Å². The number of benzene rings is 1. The quantitative estimate of drug-likeness (QED) is 0.818. The summed E-state index contributed by atoms with van der Waals surface area (Å²) in [6, 6.07) is 8.01. The minimum absolute atomic E-state index is 0.0180. The Kier molecular flexibility index (Phi) is 3.88. The van der Waals surface area contributed by atoms with Crippen LogP contribution in [0.25, 0.3) is 0 Å². The second-order valence-corrected chi connectivity index (χ2v) is 7.44. The van der Waals surface area contributed by atoms with Crippen LogP contribution >= 0.6 is 0 Å². The van der Waals surface area contributed by atoms with Crippen LogP contribution in [0, 0.1) is 0 Å². The molecule has 1 saturated heterocycles. The van der Waals surface area contributed by atoms with Gasteiger partial charge in [0.1, 0.15) is 6.33 Å². The van der Waals surface area contributed by atoms with Crippen molar-refractivity contribution in [1.29, 1.82) is 0 Å². The molecule has 0 aliphatic carbocycles. The molecule has 2 atom stereocenters. The Labute approximate surface area is 127 Å². The van der Waals surface area contributed by atoms with Crippen LogP contribution in [0.5, 0.6) is 0 Å². The molecule has 22 heavy (non-hydrogen) atoms. The zero-order valence-electron chi connectivity index (χ0n) is 11.7. The van der Waals surface area contributed by atoms with E-state index in [0.29, 0.717) is 6.42 Å². The molecule has 116 valence electrons. The van der Waals surface area contributed by atoms with E-state index in [1.54, 1.807) is 12.1 Å². The highest BCUT2D eigenvalue weighted by atomic mass is 32.2. The molecule has 1 aliphatic rings. The monoisotopic (exact) mass is 321 g/mol. The standard InChI is InChI=1S/C13H15N5O3S/c19-13(15-11-6-7-22(20,21)8-11)12(18-9-14-16-17-18)10-4-2-1-3-5-10/h1-5,9,11-12H,6-8H2,(H,15,19)/t11-,12-/m0/s1. The number of rotatable bonds is 4. The van der Waals surface area contributed by atoms with Gasteiger partial charge in [0.15, 0.2) is 15.9 Å². The Bertz CT molecular complexity index is 745. The van der Waals surface area contributed by atoms with Crippen molar-refractivity contribution in [1.82, 2.24) is 25.5 Å². The van der Waals surface area contributed by atoms with Crippen molar-refractivity contribution >= 4 is 15.7 Å². The highest BCUT2D eigenvalue weighted by molar-refractivity contribution is 7.91. The van der Waals surface area contributed by atoms with E-state index in [1.807, 2.05) is 18.2 Å². The molecule has 0 unspecified atom stereocenters. The third-order valence-corrected chi connectivity index (χ3v) is 5.34. The lowest BCUT2D eigenvalue weighted by Gasteiger charge is -2.19. The second-order valence-electron chi connectivity index (χ2n) is 5.21. The maximum Gasteiger partial charge on any atom is 0.249 e. The topological polar surface area (TPSA) is 107 Å². The zero-order chi connectivity index (χ0) is 15.6. The molecule has 1 aromatic carbocycles. The number of aromatic nitrogens is 4. The normalized spacial score (nSPS) is 21.4. The number of carbonyl (C=O) groups excluding carboxylic acids is 1. The summed E-state index contributed by atoms with van der Waals surface area (Å²) in [7, 11) is -3.05. The van der Waals surface area contributed by atoms with Crippen molar-refractivity contribution in [3.63, 3.8) is 0 Å². The molecular weight excluding hydrogens is 306 g/mol. The van der Waals surface area contributed by atoms with Crippen LogP contribution in [0.1, 0.15) is 18.0 Å². The SMILES string of the molecule is O=C(N[C@H]1CCS(=O)(=O)C1)[C@H](c1ccccc1)n1cnnn1. The number of nitrogens with one attached hydrogen (secondary N) is 1. The second kappa shape index (κ2) is 5.84. The van der Waals surface area contributed by atoms with E-state index in [0.717, 1.165) is 5.56 Å². The minimum Gasteiger partial charge on any atom is -0.350 e. The van der Waals surface area contributed by atoms with Gasteiger partial charge >= 0.3 is 0 Å². The van der Waals surface area contributed by atoms with Crippen LogP contribution in [0.2, 0.25) is 0 Å². The molecule has 0 saturated carbocycles. The average molecular weight is 321 g/mol. The summed E-state index contributed by atoms with van der Waals surface area (Å²) >= 11 is 0. The van der Waals surface area contributed by atoms with Gasteiger partial charge in [-0.3, -0.25) is 4.79 Å². The Hall–Kier alpha value is -2.29. The van der Waals surface area contributed by atoms with E-state index in [-0.39, 0.29) is 23.5 Å². The largest absolute Gasteiger partial charge is 0.350 e. The molecule has 1 fully saturated rings. The van der Waals surface area contributed by atoms with E-state index in [2.05, 4.69) is 20.8 Å². The van der Waals surface area contributed by atoms with Crippen LogP contribution in [0.15, 0.2) is 36.7 Å². The van der Waals surface area contributed by atoms with Gasteiger partial charge in [0, 0.05) is 6.04 Å². The smallest absolute Gasteiger partial charge is 0.249 e. The summed E-state index contributed by atoms with van der Waals surface area (Å²) in [5, 5.41) is 13.7. The van der Waals surface area contributed by atoms with Gasteiger partial charge in [-0.2, -0.15) is 0 Å². The predicted octanol–water partition coefficient (Wildman–Crippen LogP) is -0.434. The van der Waals surface area contributed by atoms with E-state index in [4.69, 9.17) is 0 Å². The lowest BCUT2D eigenvalue weighted by atomic mass is 10.1. The Morgan fingerprint density at radius 3 is 2.68 bits per heavy atom. The van der Waals surface area contributed by atoms with Crippen LogP contribution < -0.4 is 5.32 Å². The molecule has 2 aromatic rings. The van der Waals surface area contributed by atoms with E-state index >= 15 is 0 Å². The van der Waals surface area contributed by atoms with Gasteiger partial charge < -0.3 is 5.32 Å². The average Bonchev–Trinajstić information content (AvgIpc) is 3.10. The third kappa shape index (κ3) is 3.14. The Balaban J connectivity index is 1.82. The van der Waals surface area contributed by atoms with Crippen molar-refractivity contribution in [3.8, 4) is 0 Å². The summed E-state index contributed by atoms with van der Waals surface area (Å²) in [6.45, 7) is 0. The molecule has 1 aliphatic heterocycles. The summed E-state index contributed by atoms with van der Waals surface area (Å²) in [5.74, 6) is -0.227. The van der Waals surface area contributed by atoms with Gasteiger partial charge in [0.05, 0.1) is 11.5 Å². The molecule has 8 nitrogen and oxygen atoms in total. The molecule has 3 rings (SSSR count). The molecule has 2 heterocycles. The first-order valence-corrected chi connectivity index (χ1v) is 8.65. The van der Waals surface area contributed by atoms with Gasteiger partial charge in [-0.1, -0.05) is 30.3 Å². The van der Waals surface area contributed by atoms with Crippen LogP contribution in [0.3, 0.4) is 0 Å². The molecule has 1 amide bonds. The summed E-state index contributed by atoms with van der Waals surface area (Å²) in [5.41, 5.74) is 0.730. The highest BCUT2D eigenvalue weighted by Gasteiger charge is 2.32. The number of hydrogen-bond acceptors (Lipinski definition) is 6. The van der Waals surface area contributed by atoms with Crippen LogP contribution in [-0.2, 0) is 14.6 Å². The fourth-order valence-electron chi connectivity index (χ4n) is 2.54. The Morgan fingerprint density at radius 2 is 2.09 bits per heavy atom. The molecule has 9 heteroatoms. The van der Waals surface area contributed by atoms with Crippen molar-refractivity contribution in [2.24, 2.45) is 0 Å². The first-order chi connectivity index (χ1) is 10.6. The van der Waals surface area contributed by atoms with E-state index in [1.165, 1.54) is 11.0 Å². The fraction of sp³-hybridized carbons (Fsp3) is 0.385. The van der Waals surface area contributed by atoms with Crippen molar-refractivity contribution < 1.29 is 13.2 Å². The van der Waals surface area contributed by atoms with Gasteiger partial charge in [-0.15, -0.1) is 5.10 Å². The van der Waals surface area contributed by atoms with Gasteiger partial charge in [-0.25, -0.2) is 13.1 Å². The maximum absolute atomic E-state index is 12.6. The lowest BCUT2D eigenvalue weighted by Crippen LogP contribution is -2.41. The molecule has 1 N–H and O–H groups in total. The summed E-state index contributed by atoms with van der Waals surface area (Å²) in [6.07, 6.45) is 1.80. The number of carbonyl (C=O) groups is 1. The highest BCUT2D eigenvalue weighted by Crippen LogP contribution is 2.19. The number of hydrogen-bond donors (Lipinski definition) is 1. The first kappa shape index (κ1) is 14.6. The van der Waals surface area contributed by atoms with Crippen LogP contribution in [0.4, 0.5) is 0 Å². The number of tetrazole rings is 1. The van der Waals surface area contributed by atoms with Crippen molar-refractivity contribution in [2.75, 3.05) is 11.5 Å². The third-order valence-electron chi connectivity index (χ3n) is 3.57. The molecule has 0 spiro atoms. The lowest BCUT2D eigenvalue weighted by molar-refractivity contribution is -0.124. The minimum atomic E-state index is -3.05. The fourth-order valence-corrected chi connectivity index (χ4v) is 4.21. The first-order valence-electron chi connectivity index (χ1n) is 6.83. The molecule has 0 bridgehead atoms. The molecule has 1 aromatic heterocycles. The van der Waals surface area contributed by atoms with Gasteiger partial charge in [-0.05, 0) is 22.4 Å². The number of sulfone groups is 1. The van der Waals surface area contributed by atoms with Crippen molar-refractivity contribution in [2.45, 2.75) is 18.5 Å².